The van der Waals surface area contributed by atoms with Crippen LogP contribution in [0.25, 0.3) is 0 Å². The van der Waals surface area contributed by atoms with Crippen LogP contribution < -0.4 is 10.6 Å². The predicted octanol–water partition coefficient (Wildman–Crippen LogP) is 27.4. The summed E-state index contributed by atoms with van der Waals surface area (Å²) in [5.74, 6) is 23.9. The summed E-state index contributed by atoms with van der Waals surface area (Å²) in [4.78, 5) is 13.6. The lowest BCUT2D eigenvalue weighted by atomic mass is 9.62. The van der Waals surface area contributed by atoms with Gasteiger partial charge in [-0.1, -0.05) is 238 Å². The van der Waals surface area contributed by atoms with Crippen LogP contribution >= 0.6 is 0 Å². The molecule has 0 aromatic carbocycles. The molecule has 17 aliphatic carbocycles. The lowest BCUT2D eigenvalue weighted by Crippen LogP contribution is -2.61. The van der Waals surface area contributed by atoms with E-state index in [1.165, 1.54) is 205 Å². The first-order chi connectivity index (χ1) is 57.5. The highest BCUT2D eigenvalue weighted by Gasteiger charge is 2.62. The Hall–Kier alpha value is -0.240. The van der Waals surface area contributed by atoms with Crippen molar-refractivity contribution in [2.75, 3.05) is 0 Å². The minimum atomic E-state index is 0.696. The lowest BCUT2D eigenvalue weighted by Gasteiger charge is -2.51. The molecule has 23 fully saturated rings. The van der Waals surface area contributed by atoms with Crippen LogP contribution in [-0.4, -0.2) is 110 Å². The molecular weight excluding hydrogens is 1410 g/mol. The smallest absolute Gasteiger partial charge is 0.0607 e. The third-order valence-electron chi connectivity index (χ3n) is 44.8. The molecule has 116 heavy (non-hydrogen) atoms. The molecule has 17 saturated carbocycles. The number of nitrogens with one attached hydrogen (secondary N) is 2. The molecular formula is C110H184N6. The molecule has 2 N–H and O–H groups in total. The first kappa shape index (κ1) is 81.5. The van der Waals surface area contributed by atoms with Gasteiger partial charge in [-0.2, -0.15) is 0 Å². The summed E-state index contributed by atoms with van der Waals surface area (Å²) in [5, 5.41) is 9.10. The summed E-state index contributed by atoms with van der Waals surface area (Å²) < 4.78 is 0. The molecule has 0 bridgehead atoms. The number of rotatable bonds is 12. The van der Waals surface area contributed by atoms with Crippen LogP contribution in [0.1, 0.15) is 462 Å². The predicted molar refractivity (Wildman–Crippen MR) is 483 cm³/mol. The molecule has 6 heterocycles. The van der Waals surface area contributed by atoms with E-state index < -0.39 is 0 Å². The first-order valence-corrected chi connectivity index (χ1v) is 56.1. The fourth-order valence-electron chi connectivity index (χ4n) is 40.1. The molecule has 0 radical (unpaired) electrons. The van der Waals surface area contributed by atoms with Crippen LogP contribution in [0.3, 0.4) is 0 Å². The van der Waals surface area contributed by atoms with Crippen molar-refractivity contribution in [3.63, 3.8) is 0 Å². The number of piperidine rings is 2. The molecule has 0 amide bonds. The molecule has 654 valence electrons. The van der Waals surface area contributed by atoms with Gasteiger partial charge in [-0.05, 0) is 361 Å². The van der Waals surface area contributed by atoms with Gasteiger partial charge in [-0.3, -0.25) is 24.9 Å². The van der Waals surface area contributed by atoms with Gasteiger partial charge in [-0.25, -0.2) is 0 Å². The lowest BCUT2D eigenvalue weighted by molar-refractivity contribution is -0.0167. The van der Waals surface area contributed by atoms with Crippen LogP contribution in [0.4, 0.5) is 0 Å². The number of hydrogen-bond acceptors (Lipinski definition) is 6. The van der Waals surface area contributed by atoms with E-state index in [1.54, 1.807) is 257 Å². The fraction of sp³-hybridized carbons (Fsp3) is 1.00. The summed E-state index contributed by atoms with van der Waals surface area (Å²) in [6.45, 7) is 0. The van der Waals surface area contributed by atoms with Crippen LogP contribution in [0.15, 0.2) is 0 Å². The highest BCUT2D eigenvalue weighted by atomic mass is 15.4. The SMILES string of the molecule is C1CCC(C2CC(C3CCCCC3)CC(N3C4CCCCC4C4CC(C5CCC6C(C5)C5CCCCC5N6C5CC(C6CCCCC6)NC(C6CCCCC6)C5)CCC43)C2)CC1.C1CCC(C2CC(C3CCCCC3)NC(N3C4CCCCC4C4CC(C5CCC6C(C5)C5CCCCC5N6C5CCCC6CCCCC65)CCC43)C2)CC1. The molecule has 6 aliphatic heterocycles. The standard InChI is InChI=1S/C59H99N3.C51H85N3/c1-5-17-40(18-6-1)46-33-47(41-19-7-2-8-20-41)35-48(34-46)61-56-27-15-13-25-50(56)52-36-44(29-31-58(52)61)45-30-32-59-53(37-45)51-26-14-16-28-57(51)62(59)49-38-54(42-21-9-3-10-22-42)60-55(39-49)43-23-11-4-12-24-43;1-3-14-34(15-4-1)39-32-45(36-17-5-2-6-18-36)52-51(33-39)54-48-24-12-10-22-42(48)44-31-38(27-29-50(44)54)37-26-28-49-43(30-37)41-21-9-11-23-47(41)53(49)46-25-13-19-35-16-7-8-20-40(35)46/h40-60H,1-39H2;34-52H,1-33H2. The maximum absolute atomic E-state index is 4.60. The second-order valence-electron chi connectivity index (χ2n) is 49.6. The number of nitrogens with zero attached hydrogens (tertiary/aromatic N) is 4. The Morgan fingerprint density at radius 1 is 0.129 bits per heavy atom. The van der Waals surface area contributed by atoms with Gasteiger partial charge < -0.3 is 5.32 Å². The van der Waals surface area contributed by atoms with Gasteiger partial charge in [0.25, 0.3) is 0 Å². The number of likely N-dealkylation sites (tertiary alicyclic amines) is 4. The average molecular weight is 1590 g/mol. The minimum absolute atomic E-state index is 0.696. The topological polar surface area (TPSA) is 37.0 Å². The zero-order valence-electron chi connectivity index (χ0n) is 75.6. The quantitative estimate of drug-likeness (QED) is 0.203. The summed E-state index contributed by atoms with van der Waals surface area (Å²) in [6, 6.07) is 12.8. The molecule has 0 aromatic heterocycles. The largest absolute Gasteiger partial charge is 0.311 e. The number of fused-ring (bicyclic) bond motifs is 13. The van der Waals surface area contributed by atoms with E-state index in [4.69, 9.17) is 0 Å². The zero-order valence-corrected chi connectivity index (χ0v) is 75.6. The molecule has 30 unspecified atom stereocenters. The molecule has 6 nitrogen and oxygen atoms in total. The average Bonchev–Trinajstić information content (AvgIpc) is 1.62. The van der Waals surface area contributed by atoms with Crippen molar-refractivity contribution in [3.05, 3.63) is 0 Å². The van der Waals surface area contributed by atoms with Crippen molar-refractivity contribution in [2.45, 2.75) is 553 Å². The molecule has 0 spiro atoms. The van der Waals surface area contributed by atoms with E-state index in [2.05, 4.69) is 30.2 Å². The van der Waals surface area contributed by atoms with Crippen LogP contribution in [0.2, 0.25) is 0 Å². The maximum atomic E-state index is 4.60. The van der Waals surface area contributed by atoms with E-state index in [0.717, 1.165) is 221 Å². The second-order valence-corrected chi connectivity index (χ2v) is 49.6. The first-order valence-electron chi connectivity index (χ1n) is 56.1. The van der Waals surface area contributed by atoms with E-state index >= 15 is 0 Å². The van der Waals surface area contributed by atoms with E-state index in [9.17, 15) is 0 Å². The number of hydrogen-bond donors (Lipinski definition) is 2. The normalized spacial score (nSPS) is 49.8. The zero-order chi connectivity index (χ0) is 76.6. The molecule has 6 saturated heterocycles. The van der Waals surface area contributed by atoms with E-state index in [1.807, 2.05) is 0 Å². The highest BCUT2D eigenvalue weighted by molar-refractivity contribution is 5.15. The van der Waals surface area contributed by atoms with Crippen molar-refractivity contribution in [2.24, 2.45) is 136 Å². The second kappa shape index (κ2) is 37.2. The summed E-state index contributed by atoms with van der Waals surface area (Å²) in [7, 11) is 0. The molecule has 6 heteroatoms. The summed E-state index contributed by atoms with van der Waals surface area (Å²) in [6.07, 6.45) is 112. The van der Waals surface area contributed by atoms with Gasteiger partial charge in [-0.15, -0.1) is 0 Å². The van der Waals surface area contributed by atoms with E-state index in [-0.39, 0.29) is 0 Å². The Labute approximate surface area is 715 Å². The van der Waals surface area contributed by atoms with Gasteiger partial charge in [0.15, 0.2) is 0 Å². The van der Waals surface area contributed by atoms with Gasteiger partial charge in [0.05, 0.1) is 6.17 Å². The van der Waals surface area contributed by atoms with Gasteiger partial charge >= 0.3 is 0 Å². The Morgan fingerprint density at radius 3 is 0.810 bits per heavy atom. The maximum Gasteiger partial charge on any atom is 0.0607 e. The van der Waals surface area contributed by atoms with Crippen molar-refractivity contribution in [1.29, 1.82) is 0 Å². The molecule has 0 aromatic rings. The van der Waals surface area contributed by atoms with Crippen molar-refractivity contribution in [1.82, 2.24) is 30.2 Å². The summed E-state index contributed by atoms with van der Waals surface area (Å²) in [5.41, 5.74) is 0. The Balaban J connectivity index is 0.000000142. The van der Waals surface area contributed by atoms with Crippen molar-refractivity contribution >= 4 is 0 Å². The Morgan fingerprint density at radius 2 is 0.397 bits per heavy atom. The van der Waals surface area contributed by atoms with Gasteiger partial charge in [0, 0.05) is 84.6 Å². The Kier molecular flexibility index (Phi) is 26.2. The van der Waals surface area contributed by atoms with Gasteiger partial charge in [0.1, 0.15) is 0 Å². The van der Waals surface area contributed by atoms with Crippen LogP contribution in [0.5, 0.6) is 0 Å². The van der Waals surface area contributed by atoms with Gasteiger partial charge in [0.2, 0.25) is 0 Å². The Bertz CT molecular complexity index is 2870. The van der Waals surface area contributed by atoms with Crippen molar-refractivity contribution < 1.29 is 0 Å². The molecule has 23 rings (SSSR count). The van der Waals surface area contributed by atoms with Crippen molar-refractivity contribution in [3.8, 4) is 0 Å². The fourth-order valence-corrected chi connectivity index (χ4v) is 40.1. The van der Waals surface area contributed by atoms with E-state index in [0.29, 0.717) is 6.17 Å². The monoisotopic (exact) mass is 1590 g/mol. The summed E-state index contributed by atoms with van der Waals surface area (Å²) >= 11 is 0. The minimum Gasteiger partial charge on any atom is -0.311 e. The molecule has 23 aliphatic rings. The van der Waals surface area contributed by atoms with Crippen LogP contribution in [-0.2, 0) is 0 Å². The molecule has 30 atom stereocenters. The third-order valence-corrected chi connectivity index (χ3v) is 44.8. The highest BCUT2D eigenvalue weighted by Crippen LogP contribution is 2.63. The third kappa shape index (κ3) is 16.4. The van der Waals surface area contributed by atoms with Crippen LogP contribution in [0, 0.1) is 136 Å².